The number of halogens is 1. The van der Waals surface area contributed by atoms with E-state index in [4.69, 9.17) is 25.9 Å². The summed E-state index contributed by atoms with van der Waals surface area (Å²) >= 11 is 6.38. The first kappa shape index (κ1) is 24.6. The highest BCUT2D eigenvalue weighted by atomic mass is 35.5. The van der Waals surface area contributed by atoms with Crippen LogP contribution in [0.15, 0.2) is 18.2 Å². The van der Waals surface area contributed by atoms with E-state index in [1.807, 2.05) is 36.7 Å². The van der Waals surface area contributed by atoms with Gasteiger partial charge in [0.2, 0.25) is 14.3 Å². The Morgan fingerprint density at radius 3 is 2.56 bits per heavy atom. The standard InChI is InChI=1S/C22H32ClN6O2Si/c1-8-30-13-12-29-18-16(17(28-29)19(22(3,4)5)31-32(6)7)26-21(23)27-20(18)25-15-11-9-10-14(2)24-15/h9-11,19H,8,12-13H2,1-7H3,(H,24,25,26,27). The minimum atomic E-state index is -0.991. The van der Waals surface area contributed by atoms with Gasteiger partial charge in [-0.2, -0.15) is 10.1 Å². The summed E-state index contributed by atoms with van der Waals surface area (Å²) in [5.41, 5.74) is 2.92. The van der Waals surface area contributed by atoms with Crippen LogP contribution in [0, 0.1) is 12.3 Å². The number of rotatable bonds is 9. The average molecular weight is 476 g/mol. The van der Waals surface area contributed by atoms with Crippen LogP contribution in [0.5, 0.6) is 0 Å². The maximum Gasteiger partial charge on any atom is 0.225 e. The molecule has 32 heavy (non-hydrogen) atoms. The van der Waals surface area contributed by atoms with Crippen LogP contribution in [0.1, 0.15) is 45.2 Å². The first-order valence-corrected chi connectivity index (χ1v) is 13.6. The molecule has 3 aromatic heterocycles. The van der Waals surface area contributed by atoms with E-state index >= 15 is 0 Å². The topological polar surface area (TPSA) is 87.0 Å². The Balaban J connectivity index is 2.19. The van der Waals surface area contributed by atoms with Crippen LogP contribution in [0.2, 0.25) is 18.4 Å². The zero-order chi connectivity index (χ0) is 23.5. The summed E-state index contributed by atoms with van der Waals surface area (Å²) in [4.78, 5) is 13.6. The van der Waals surface area contributed by atoms with Crippen molar-refractivity contribution < 1.29 is 9.16 Å². The summed E-state index contributed by atoms with van der Waals surface area (Å²) in [5.74, 6) is 1.23. The number of pyridine rings is 1. The van der Waals surface area contributed by atoms with Crippen molar-refractivity contribution >= 4 is 43.3 Å². The molecule has 0 bridgehead atoms. The van der Waals surface area contributed by atoms with E-state index in [2.05, 4.69) is 54.1 Å². The third-order valence-electron chi connectivity index (χ3n) is 4.76. The maximum absolute atomic E-state index is 6.42. The molecule has 0 fully saturated rings. The lowest BCUT2D eigenvalue weighted by Gasteiger charge is -2.31. The number of nitrogens with one attached hydrogen (secondary N) is 1. The summed E-state index contributed by atoms with van der Waals surface area (Å²) in [6.07, 6.45) is -0.238. The highest BCUT2D eigenvalue weighted by molar-refractivity contribution is 6.48. The molecule has 1 unspecified atom stereocenters. The Bertz CT molecular complexity index is 1070. The van der Waals surface area contributed by atoms with E-state index in [1.165, 1.54) is 0 Å². The number of aromatic nitrogens is 5. The van der Waals surface area contributed by atoms with Crippen LogP contribution in [-0.4, -0.2) is 47.0 Å². The van der Waals surface area contributed by atoms with Gasteiger partial charge in [0.15, 0.2) is 5.82 Å². The van der Waals surface area contributed by atoms with E-state index in [0.717, 1.165) is 16.9 Å². The average Bonchev–Trinajstić information content (AvgIpc) is 3.03. The fraction of sp³-hybridized carbons (Fsp3) is 0.545. The molecule has 0 aliphatic rings. The van der Waals surface area contributed by atoms with Gasteiger partial charge in [-0.05, 0) is 56.1 Å². The monoisotopic (exact) mass is 475 g/mol. The van der Waals surface area contributed by atoms with Gasteiger partial charge >= 0.3 is 0 Å². The Hall–Kier alpha value is -2.07. The number of nitrogens with zero attached hydrogens (tertiary/aromatic N) is 5. The molecular formula is C22H32ClN6O2Si. The van der Waals surface area contributed by atoms with Crippen molar-refractivity contribution in [3.63, 3.8) is 0 Å². The Morgan fingerprint density at radius 2 is 1.94 bits per heavy atom. The number of hydrogen-bond donors (Lipinski definition) is 1. The quantitative estimate of drug-likeness (QED) is 0.254. The number of fused-ring (bicyclic) bond motifs is 1. The highest BCUT2D eigenvalue weighted by Crippen LogP contribution is 2.40. The van der Waals surface area contributed by atoms with Crippen LogP contribution < -0.4 is 5.32 Å². The lowest BCUT2D eigenvalue weighted by atomic mass is 9.87. The molecule has 0 aromatic carbocycles. The molecule has 3 heterocycles. The van der Waals surface area contributed by atoms with Crippen LogP contribution in [-0.2, 0) is 15.7 Å². The van der Waals surface area contributed by atoms with Gasteiger partial charge in [0.25, 0.3) is 0 Å². The van der Waals surface area contributed by atoms with Gasteiger partial charge < -0.3 is 14.5 Å². The highest BCUT2D eigenvalue weighted by Gasteiger charge is 2.34. The van der Waals surface area contributed by atoms with Gasteiger partial charge in [-0.15, -0.1) is 0 Å². The second-order valence-electron chi connectivity index (χ2n) is 8.91. The molecule has 0 aliphatic heterocycles. The number of hydrogen-bond acceptors (Lipinski definition) is 7. The van der Waals surface area contributed by atoms with Gasteiger partial charge in [0.1, 0.15) is 22.5 Å². The summed E-state index contributed by atoms with van der Waals surface area (Å²) < 4.78 is 13.9. The minimum absolute atomic E-state index is 0.143. The van der Waals surface area contributed by atoms with E-state index in [0.29, 0.717) is 36.9 Å². The third-order valence-corrected chi connectivity index (χ3v) is 5.64. The molecule has 3 aromatic rings. The first-order valence-electron chi connectivity index (χ1n) is 10.8. The van der Waals surface area contributed by atoms with Crippen molar-refractivity contribution in [3.05, 3.63) is 34.9 Å². The largest absolute Gasteiger partial charge is 0.408 e. The molecule has 8 nitrogen and oxygen atoms in total. The molecule has 3 rings (SSSR count). The molecule has 1 atom stereocenters. The summed E-state index contributed by atoms with van der Waals surface area (Å²) in [6, 6.07) is 5.77. The predicted molar refractivity (Wildman–Crippen MR) is 130 cm³/mol. The normalized spacial score (nSPS) is 13.2. The zero-order valence-electron chi connectivity index (χ0n) is 19.9. The van der Waals surface area contributed by atoms with E-state index in [-0.39, 0.29) is 16.8 Å². The van der Waals surface area contributed by atoms with Gasteiger partial charge in [-0.3, -0.25) is 4.68 Å². The summed E-state index contributed by atoms with van der Waals surface area (Å²) in [6.45, 7) is 16.3. The van der Waals surface area contributed by atoms with E-state index in [1.54, 1.807) is 0 Å². The fourth-order valence-corrected chi connectivity index (χ4v) is 4.52. The second-order valence-corrected chi connectivity index (χ2v) is 11.3. The maximum atomic E-state index is 6.42. The number of ether oxygens (including phenoxy) is 1. The molecule has 1 radical (unpaired) electrons. The van der Waals surface area contributed by atoms with Crippen molar-refractivity contribution in [1.82, 2.24) is 24.7 Å². The zero-order valence-corrected chi connectivity index (χ0v) is 21.6. The van der Waals surface area contributed by atoms with Crippen molar-refractivity contribution in [3.8, 4) is 0 Å². The molecule has 0 saturated carbocycles. The second kappa shape index (κ2) is 10.2. The smallest absolute Gasteiger partial charge is 0.225 e. The van der Waals surface area contributed by atoms with E-state index in [9.17, 15) is 0 Å². The first-order chi connectivity index (χ1) is 15.1. The van der Waals surface area contributed by atoms with Crippen molar-refractivity contribution in [2.45, 2.75) is 60.4 Å². The Labute approximate surface area is 196 Å². The van der Waals surface area contributed by atoms with Crippen molar-refractivity contribution in [2.24, 2.45) is 5.41 Å². The molecule has 173 valence electrons. The van der Waals surface area contributed by atoms with Crippen molar-refractivity contribution in [2.75, 3.05) is 18.5 Å². The van der Waals surface area contributed by atoms with Crippen LogP contribution in [0.25, 0.3) is 11.0 Å². The van der Waals surface area contributed by atoms with Crippen LogP contribution in [0.4, 0.5) is 11.6 Å². The number of aryl methyl sites for hydroxylation is 1. The van der Waals surface area contributed by atoms with E-state index < -0.39 is 9.04 Å². The molecule has 0 saturated heterocycles. The summed E-state index contributed by atoms with van der Waals surface area (Å²) in [7, 11) is -0.991. The molecule has 0 spiro atoms. The fourth-order valence-electron chi connectivity index (χ4n) is 3.41. The molecule has 0 amide bonds. The molecule has 10 heteroatoms. The number of anilines is 2. The van der Waals surface area contributed by atoms with Gasteiger partial charge in [-0.1, -0.05) is 26.8 Å². The lowest BCUT2D eigenvalue weighted by molar-refractivity contribution is 0.0824. The SMILES string of the molecule is CCOCCn1nc(C(O[Si](C)C)C(C)(C)C)c2nc(Cl)nc(Nc3cccc(C)n3)c21. The van der Waals surface area contributed by atoms with Gasteiger partial charge in [0.05, 0.1) is 19.3 Å². The Kier molecular flexibility index (Phi) is 7.87. The Morgan fingerprint density at radius 1 is 1.19 bits per heavy atom. The van der Waals surface area contributed by atoms with Crippen LogP contribution in [0.3, 0.4) is 0 Å². The molecule has 0 aliphatic carbocycles. The van der Waals surface area contributed by atoms with Crippen LogP contribution >= 0.6 is 11.6 Å². The summed E-state index contributed by atoms with van der Waals surface area (Å²) in [5, 5.41) is 8.40. The molecular weight excluding hydrogens is 444 g/mol. The van der Waals surface area contributed by atoms with Crippen molar-refractivity contribution in [1.29, 1.82) is 0 Å². The van der Waals surface area contributed by atoms with Gasteiger partial charge in [-0.25, -0.2) is 9.97 Å². The molecule has 1 N–H and O–H groups in total. The predicted octanol–water partition coefficient (Wildman–Crippen LogP) is 5.32. The minimum Gasteiger partial charge on any atom is -0.408 e. The lowest BCUT2D eigenvalue weighted by Crippen LogP contribution is -2.26. The van der Waals surface area contributed by atoms with Gasteiger partial charge in [0, 0.05) is 12.3 Å². The third kappa shape index (κ3) is 5.83.